The molecule has 0 fully saturated rings. The molecule has 2 heterocycles. The molecular weight excluding hydrogens is 386 g/mol. The SMILES string of the molecule is CC[C@H]1CCc2sc(C(=O)OCc3nc(N)nc(Nc4ccccc4)n3)cc2C1. The van der Waals surface area contributed by atoms with Crippen molar-refractivity contribution in [3.8, 4) is 0 Å². The number of hydrogen-bond donors (Lipinski definition) is 2. The molecule has 2 aromatic heterocycles. The smallest absolute Gasteiger partial charge is 0.348 e. The third-order valence-corrected chi connectivity index (χ3v) is 6.24. The molecule has 1 aromatic carbocycles. The van der Waals surface area contributed by atoms with Crippen molar-refractivity contribution in [3.05, 3.63) is 57.5 Å². The van der Waals surface area contributed by atoms with Gasteiger partial charge in [0.25, 0.3) is 0 Å². The maximum atomic E-state index is 12.5. The molecule has 4 rings (SSSR count). The third kappa shape index (κ3) is 4.71. The number of fused-ring (bicyclic) bond motifs is 1. The summed E-state index contributed by atoms with van der Waals surface area (Å²) in [5.74, 6) is 1.05. The van der Waals surface area contributed by atoms with Crippen molar-refractivity contribution in [2.45, 2.75) is 39.2 Å². The Labute approximate surface area is 173 Å². The molecule has 3 aromatic rings. The van der Waals surface area contributed by atoms with E-state index in [1.165, 1.54) is 34.6 Å². The summed E-state index contributed by atoms with van der Waals surface area (Å²) in [4.78, 5) is 26.9. The molecule has 150 valence electrons. The molecule has 1 aliphatic rings. The predicted molar refractivity (Wildman–Crippen MR) is 113 cm³/mol. The zero-order valence-electron chi connectivity index (χ0n) is 16.2. The number of thiophene rings is 1. The van der Waals surface area contributed by atoms with Crippen molar-refractivity contribution in [1.82, 2.24) is 15.0 Å². The van der Waals surface area contributed by atoms with Crippen molar-refractivity contribution < 1.29 is 9.53 Å². The van der Waals surface area contributed by atoms with E-state index in [2.05, 4.69) is 27.2 Å². The molecule has 29 heavy (non-hydrogen) atoms. The third-order valence-electron chi connectivity index (χ3n) is 5.02. The van der Waals surface area contributed by atoms with E-state index in [9.17, 15) is 4.79 Å². The summed E-state index contributed by atoms with van der Waals surface area (Å²) in [7, 11) is 0. The number of anilines is 3. The number of benzene rings is 1. The van der Waals surface area contributed by atoms with Crippen molar-refractivity contribution in [2.24, 2.45) is 5.92 Å². The first-order chi connectivity index (χ1) is 14.1. The Morgan fingerprint density at radius 2 is 2.10 bits per heavy atom. The molecule has 1 atom stereocenters. The number of nitrogens with two attached hydrogens (primary N) is 1. The van der Waals surface area contributed by atoms with Crippen LogP contribution in [0.1, 0.15) is 45.7 Å². The molecule has 1 aliphatic carbocycles. The van der Waals surface area contributed by atoms with E-state index in [0.717, 1.165) is 18.5 Å². The first kappa shape index (κ1) is 19.3. The fraction of sp³-hybridized carbons (Fsp3) is 0.333. The number of aryl methyl sites for hydroxylation is 1. The van der Waals surface area contributed by atoms with Gasteiger partial charge >= 0.3 is 5.97 Å². The van der Waals surface area contributed by atoms with Gasteiger partial charge in [0, 0.05) is 10.6 Å². The predicted octanol–water partition coefficient (Wildman–Crippen LogP) is 4.13. The topological polar surface area (TPSA) is 103 Å². The quantitative estimate of drug-likeness (QED) is 0.590. The van der Waals surface area contributed by atoms with Crippen molar-refractivity contribution >= 4 is 34.9 Å². The molecule has 8 heteroatoms. The number of nitrogen functional groups attached to an aromatic ring is 1. The van der Waals surface area contributed by atoms with Gasteiger partial charge in [0.1, 0.15) is 4.88 Å². The Morgan fingerprint density at radius 1 is 1.28 bits per heavy atom. The minimum absolute atomic E-state index is 0.0603. The number of esters is 1. The van der Waals surface area contributed by atoms with Crippen LogP contribution >= 0.6 is 11.3 Å². The highest BCUT2D eigenvalue weighted by molar-refractivity contribution is 7.14. The van der Waals surface area contributed by atoms with Crippen molar-refractivity contribution in [1.29, 1.82) is 0 Å². The number of nitrogens with one attached hydrogen (secondary N) is 1. The van der Waals surface area contributed by atoms with Crippen LogP contribution in [0.4, 0.5) is 17.6 Å². The second-order valence-corrected chi connectivity index (χ2v) is 8.21. The average Bonchev–Trinajstić information content (AvgIpc) is 3.15. The van der Waals surface area contributed by atoms with Gasteiger partial charge < -0.3 is 15.8 Å². The van der Waals surface area contributed by atoms with Crippen LogP contribution in [0.25, 0.3) is 0 Å². The van der Waals surface area contributed by atoms with Crippen LogP contribution in [0.15, 0.2) is 36.4 Å². The molecule has 0 saturated carbocycles. The maximum Gasteiger partial charge on any atom is 0.348 e. The molecule has 0 radical (unpaired) electrons. The molecule has 0 aliphatic heterocycles. The highest BCUT2D eigenvalue weighted by Crippen LogP contribution is 2.33. The number of para-hydroxylation sites is 1. The van der Waals surface area contributed by atoms with E-state index in [1.54, 1.807) is 0 Å². The Hall–Kier alpha value is -3.00. The molecular formula is C21H23N5O2S. The van der Waals surface area contributed by atoms with Crippen LogP contribution in [0.2, 0.25) is 0 Å². The lowest BCUT2D eigenvalue weighted by molar-refractivity contribution is 0.0468. The molecule has 7 nitrogen and oxygen atoms in total. The highest BCUT2D eigenvalue weighted by Gasteiger charge is 2.22. The van der Waals surface area contributed by atoms with Gasteiger partial charge in [-0.2, -0.15) is 15.0 Å². The van der Waals surface area contributed by atoms with Crippen LogP contribution in [-0.4, -0.2) is 20.9 Å². The minimum Gasteiger partial charge on any atom is -0.453 e. The lowest BCUT2D eigenvalue weighted by atomic mass is 9.87. The summed E-state index contributed by atoms with van der Waals surface area (Å²) >= 11 is 1.53. The fourth-order valence-electron chi connectivity index (χ4n) is 3.46. The number of carbonyl (C=O) groups excluding carboxylic acids is 1. The number of aromatic nitrogens is 3. The van der Waals surface area contributed by atoms with Crippen LogP contribution in [0, 0.1) is 5.92 Å². The van der Waals surface area contributed by atoms with Crippen LogP contribution in [0.5, 0.6) is 0 Å². The van der Waals surface area contributed by atoms with E-state index in [-0.39, 0.29) is 18.5 Å². The summed E-state index contributed by atoms with van der Waals surface area (Å²) in [5, 5.41) is 3.07. The largest absolute Gasteiger partial charge is 0.453 e. The van der Waals surface area contributed by atoms with E-state index < -0.39 is 0 Å². The van der Waals surface area contributed by atoms with Crippen molar-refractivity contribution in [3.63, 3.8) is 0 Å². The molecule has 0 bridgehead atoms. The minimum atomic E-state index is -0.353. The molecule has 3 N–H and O–H groups in total. The molecule has 0 saturated heterocycles. The van der Waals surface area contributed by atoms with Gasteiger partial charge in [0.2, 0.25) is 11.9 Å². The van der Waals surface area contributed by atoms with Gasteiger partial charge in [-0.05, 0) is 48.9 Å². The van der Waals surface area contributed by atoms with Gasteiger partial charge in [0.05, 0.1) is 0 Å². The zero-order chi connectivity index (χ0) is 20.2. The Kier molecular flexibility index (Phi) is 5.71. The number of nitrogens with zero attached hydrogens (tertiary/aromatic N) is 3. The normalized spacial score (nSPS) is 15.6. The van der Waals surface area contributed by atoms with E-state index in [0.29, 0.717) is 22.6 Å². The second kappa shape index (κ2) is 8.57. The lowest BCUT2D eigenvalue weighted by Crippen LogP contribution is -2.11. The van der Waals surface area contributed by atoms with Crippen molar-refractivity contribution in [2.75, 3.05) is 11.1 Å². The zero-order valence-corrected chi connectivity index (χ0v) is 17.0. The van der Waals surface area contributed by atoms with Gasteiger partial charge in [0.15, 0.2) is 12.4 Å². The Morgan fingerprint density at radius 3 is 2.90 bits per heavy atom. The Balaban J connectivity index is 1.41. The lowest BCUT2D eigenvalue weighted by Gasteiger charge is -2.19. The second-order valence-electron chi connectivity index (χ2n) is 7.08. The molecule has 0 spiro atoms. The highest BCUT2D eigenvalue weighted by atomic mass is 32.1. The van der Waals surface area contributed by atoms with Gasteiger partial charge in [-0.3, -0.25) is 0 Å². The number of carbonyl (C=O) groups is 1. The van der Waals surface area contributed by atoms with E-state index in [4.69, 9.17) is 10.5 Å². The number of hydrogen-bond acceptors (Lipinski definition) is 8. The summed E-state index contributed by atoms with van der Waals surface area (Å²) in [6.45, 7) is 2.16. The first-order valence-electron chi connectivity index (χ1n) is 9.72. The summed E-state index contributed by atoms with van der Waals surface area (Å²) < 4.78 is 5.44. The van der Waals surface area contributed by atoms with E-state index >= 15 is 0 Å². The number of ether oxygens (including phenoxy) is 1. The molecule has 0 unspecified atom stereocenters. The average molecular weight is 410 g/mol. The standard InChI is InChI=1S/C21H23N5O2S/c1-2-13-8-9-16-14(10-13)11-17(29-16)19(27)28-12-18-24-20(22)26-21(25-18)23-15-6-4-3-5-7-15/h3-7,11,13H,2,8-10,12H2,1H3,(H3,22,23,24,25,26)/t13-/m0/s1. The van der Waals surface area contributed by atoms with Gasteiger partial charge in [-0.25, -0.2) is 4.79 Å². The Bertz CT molecular complexity index is 1010. The van der Waals surface area contributed by atoms with Gasteiger partial charge in [-0.15, -0.1) is 11.3 Å². The maximum absolute atomic E-state index is 12.5. The monoisotopic (exact) mass is 409 g/mol. The molecule has 0 amide bonds. The van der Waals surface area contributed by atoms with Crippen LogP contribution in [-0.2, 0) is 24.2 Å². The summed E-state index contributed by atoms with van der Waals surface area (Å²) in [5.41, 5.74) is 7.90. The first-order valence-corrected chi connectivity index (χ1v) is 10.5. The number of rotatable bonds is 6. The summed E-state index contributed by atoms with van der Waals surface area (Å²) in [6.07, 6.45) is 4.47. The van der Waals surface area contributed by atoms with Crippen LogP contribution in [0.3, 0.4) is 0 Å². The fourth-order valence-corrected chi connectivity index (χ4v) is 4.56. The summed E-state index contributed by atoms with van der Waals surface area (Å²) in [6, 6.07) is 11.5. The van der Waals surface area contributed by atoms with Gasteiger partial charge in [-0.1, -0.05) is 31.5 Å². The van der Waals surface area contributed by atoms with E-state index in [1.807, 2.05) is 36.4 Å². The van der Waals surface area contributed by atoms with Crippen LogP contribution < -0.4 is 11.1 Å².